The number of carbonyl (C=O) groups is 2. The molecule has 0 saturated heterocycles. The first kappa shape index (κ1) is 43.8. The fraction of sp³-hybridized carbons (Fsp3) is 0.0741. The Labute approximate surface area is 372 Å². The molecule has 318 valence electrons. The number of nitrogens with zero attached hydrogens (tertiary/aromatic N) is 5. The van der Waals surface area contributed by atoms with E-state index in [1.54, 1.807) is 53.7 Å². The predicted octanol–water partition coefficient (Wildman–Crippen LogP) is 11.9. The van der Waals surface area contributed by atoms with Crippen molar-refractivity contribution in [1.29, 1.82) is 0 Å². The second-order valence-electron chi connectivity index (χ2n) is 14.7. The van der Waals surface area contributed by atoms with Crippen LogP contribution in [0.1, 0.15) is 49.3 Å². The third-order valence-corrected chi connectivity index (χ3v) is 10.1. The maximum Gasteiger partial charge on any atom is 0.282 e. The van der Waals surface area contributed by atoms with Gasteiger partial charge in [0.1, 0.15) is 17.3 Å². The largest absolute Gasteiger partial charge is 0.336 e. The van der Waals surface area contributed by atoms with Gasteiger partial charge in [-0.25, -0.2) is 28.7 Å². The monoisotopic (exact) mass is 849 g/mol. The second kappa shape index (κ2) is 20.5. The van der Waals surface area contributed by atoms with Gasteiger partial charge in [0.15, 0.2) is 17.4 Å². The van der Waals surface area contributed by atoms with Crippen LogP contribution >= 0.6 is 0 Å². The third-order valence-electron chi connectivity index (χ3n) is 10.1. The standard InChI is InChI=1S/C27H22FN3O.C26H18FN3O.CH4.H2/c1-19(32)24(16-21-12-14-23(28)15-13-21)31-27-25(17-20-8-4-2-5-9-20)30-26(18-29-27)22-10-6-3-7-11-22;27-21-13-11-19(12-14-21)16-23-26(31)30-17-24(20-9-5-2-6-10-20)28-22(25(30)29-23)15-18-7-3-1-4-8-18;;/h2-16,18H,17H2,1H3,(H,29,31);1-14,16-17H,15H2;1H4;1H/i;;;1+1. The van der Waals surface area contributed by atoms with E-state index in [4.69, 9.17) is 9.98 Å². The van der Waals surface area contributed by atoms with Crippen LogP contribution in [0.5, 0.6) is 0 Å². The Kier molecular flexibility index (Phi) is 14.1. The highest BCUT2D eigenvalue weighted by Crippen LogP contribution is 2.29. The third kappa shape index (κ3) is 11.0. The summed E-state index contributed by atoms with van der Waals surface area (Å²) in [6, 6.07) is 51.5. The number of Topliss-reactive ketones (excluding diaryl/α,β-unsaturated/α-hetero) is 1. The number of carbonyl (C=O) groups excluding carboxylic acids is 2. The molecule has 0 spiro atoms. The van der Waals surface area contributed by atoms with E-state index in [0.29, 0.717) is 52.7 Å². The van der Waals surface area contributed by atoms with Gasteiger partial charge in [0.25, 0.3) is 5.91 Å². The van der Waals surface area contributed by atoms with Gasteiger partial charge in [0, 0.05) is 38.5 Å². The van der Waals surface area contributed by atoms with Crippen LogP contribution in [0.25, 0.3) is 29.1 Å². The summed E-state index contributed by atoms with van der Waals surface area (Å²) >= 11 is 0. The molecule has 6 aromatic carbocycles. The minimum Gasteiger partial charge on any atom is -0.336 e. The molecule has 1 aromatic heterocycles. The van der Waals surface area contributed by atoms with Gasteiger partial charge >= 0.3 is 0 Å². The van der Waals surface area contributed by atoms with Gasteiger partial charge in [0.2, 0.25) is 0 Å². The van der Waals surface area contributed by atoms with Crippen molar-refractivity contribution in [2.24, 2.45) is 9.98 Å². The molecule has 0 radical (unpaired) electrons. The molecule has 10 heteroatoms. The minimum atomic E-state index is -0.327. The Morgan fingerprint density at radius 2 is 1.20 bits per heavy atom. The normalized spacial score (nSPS) is 13.7. The van der Waals surface area contributed by atoms with Crippen LogP contribution in [-0.4, -0.2) is 38.1 Å². The van der Waals surface area contributed by atoms with E-state index in [-0.39, 0.29) is 32.2 Å². The molecule has 1 amide bonds. The van der Waals surface area contributed by atoms with E-state index in [9.17, 15) is 18.4 Å². The van der Waals surface area contributed by atoms with Crippen molar-refractivity contribution < 1.29 is 19.8 Å². The number of benzene rings is 6. The molecule has 0 bridgehead atoms. The quantitative estimate of drug-likeness (QED) is 0.131. The molecule has 8 nitrogen and oxygen atoms in total. The van der Waals surface area contributed by atoms with E-state index < -0.39 is 0 Å². The number of amides is 1. The molecule has 0 aliphatic carbocycles. The predicted molar refractivity (Wildman–Crippen MR) is 255 cm³/mol. The molecule has 0 atom stereocenters. The topological polar surface area (TPSA) is 99.9 Å². The lowest BCUT2D eigenvalue weighted by atomic mass is 10.1. The first-order valence-electron chi connectivity index (χ1n) is 20.2. The molecule has 0 saturated carbocycles. The van der Waals surface area contributed by atoms with Crippen molar-refractivity contribution in [3.05, 3.63) is 239 Å². The van der Waals surface area contributed by atoms with Crippen LogP contribution in [-0.2, 0) is 22.4 Å². The Bertz CT molecular complexity index is 2900. The Balaban J connectivity index is 0.000000209. The lowest BCUT2D eigenvalue weighted by molar-refractivity contribution is -0.120. The van der Waals surface area contributed by atoms with Crippen LogP contribution in [0.3, 0.4) is 0 Å². The van der Waals surface area contributed by atoms with Crippen LogP contribution in [0.2, 0.25) is 0 Å². The van der Waals surface area contributed by atoms with Crippen molar-refractivity contribution in [1.82, 2.24) is 14.9 Å². The van der Waals surface area contributed by atoms with Gasteiger partial charge in [-0.3, -0.25) is 14.5 Å². The van der Waals surface area contributed by atoms with Gasteiger partial charge in [0.05, 0.1) is 34.7 Å². The summed E-state index contributed by atoms with van der Waals surface area (Å²) in [5.74, 6) is 0.00415. The van der Waals surface area contributed by atoms with Crippen molar-refractivity contribution in [3.63, 3.8) is 0 Å². The number of nitrogens with one attached hydrogen (secondary N) is 1. The Morgan fingerprint density at radius 3 is 1.78 bits per heavy atom. The summed E-state index contributed by atoms with van der Waals surface area (Å²) in [5, 5.41) is 3.15. The molecule has 7 aromatic rings. The molecule has 3 heterocycles. The first-order chi connectivity index (χ1) is 30.8. The molecule has 0 fully saturated rings. The van der Waals surface area contributed by atoms with E-state index in [2.05, 4.69) is 15.3 Å². The van der Waals surface area contributed by atoms with Crippen molar-refractivity contribution >= 4 is 46.9 Å². The number of fused-ring (bicyclic) bond motifs is 1. The molecule has 64 heavy (non-hydrogen) atoms. The maximum atomic E-state index is 13.2. The van der Waals surface area contributed by atoms with Crippen LogP contribution in [0.15, 0.2) is 204 Å². The summed E-state index contributed by atoms with van der Waals surface area (Å²) in [4.78, 5) is 46.0. The van der Waals surface area contributed by atoms with Gasteiger partial charge in [-0.1, -0.05) is 153 Å². The Morgan fingerprint density at radius 1 is 0.672 bits per heavy atom. The highest BCUT2D eigenvalue weighted by molar-refractivity contribution is 6.48. The van der Waals surface area contributed by atoms with Crippen molar-refractivity contribution in [2.45, 2.75) is 27.2 Å². The molecular formula is C54H46F2N6O2. The molecule has 0 unspecified atom stereocenters. The number of allylic oxidation sites excluding steroid dienone is 1. The minimum absolute atomic E-state index is 0. The number of aliphatic imine (C=N–C) groups is 2. The van der Waals surface area contributed by atoms with Gasteiger partial charge < -0.3 is 5.32 Å². The summed E-state index contributed by atoms with van der Waals surface area (Å²) in [7, 11) is 0. The highest BCUT2D eigenvalue weighted by atomic mass is 19.1. The fourth-order valence-corrected chi connectivity index (χ4v) is 6.84. The van der Waals surface area contributed by atoms with Gasteiger partial charge in [-0.2, -0.15) is 0 Å². The second-order valence-corrected chi connectivity index (χ2v) is 14.7. The van der Waals surface area contributed by atoms with E-state index >= 15 is 0 Å². The van der Waals surface area contributed by atoms with Crippen LogP contribution < -0.4 is 5.32 Å². The van der Waals surface area contributed by atoms with Crippen LogP contribution in [0, 0.1) is 11.6 Å². The van der Waals surface area contributed by atoms with E-state index in [0.717, 1.165) is 39.4 Å². The van der Waals surface area contributed by atoms with Crippen molar-refractivity contribution in [3.8, 4) is 11.3 Å². The lowest BCUT2D eigenvalue weighted by Gasteiger charge is -2.21. The number of aromatic nitrogens is 2. The average Bonchev–Trinajstić information content (AvgIpc) is 3.63. The number of halogens is 2. The summed E-state index contributed by atoms with van der Waals surface area (Å²) in [6.45, 7) is 1.48. The number of hydrogen-bond donors (Lipinski definition) is 1. The smallest absolute Gasteiger partial charge is 0.282 e. The zero-order chi connectivity index (χ0) is 43.5. The molecule has 2 aliphatic heterocycles. The number of hydrogen-bond acceptors (Lipinski definition) is 7. The summed E-state index contributed by atoms with van der Waals surface area (Å²) in [6.07, 6.45) is 7.89. The molecule has 2 aliphatic rings. The molecular weight excluding hydrogens is 803 g/mol. The first-order valence-corrected chi connectivity index (χ1v) is 20.2. The number of amidine groups is 1. The number of anilines is 1. The van der Waals surface area contributed by atoms with Crippen molar-refractivity contribution in [2.75, 3.05) is 5.32 Å². The van der Waals surface area contributed by atoms with E-state index in [1.807, 2.05) is 121 Å². The highest BCUT2D eigenvalue weighted by Gasteiger charge is 2.35. The van der Waals surface area contributed by atoms with Gasteiger partial charge in [-0.15, -0.1) is 0 Å². The van der Waals surface area contributed by atoms with Crippen LogP contribution in [0.4, 0.5) is 14.6 Å². The average molecular weight is 850 g/mol. The zero-order valence-electron chi connectivity index (χ0n) is 34.2. The summed E-state index contributed by atoms with van der Waals surface area (Å²) < 4.78 is 26.5. The van der Waals surface area contributed by atoms with E-state index in [1.165, 1.54) is 31.2 Å². The lowest BCUT2D eigenvalue weighted by Crippen LogP contribution is -2.36. The van der Waals surface area contributed by atoms with Gasteiger partial charge in [-0.05, 0) is 58.7 Å². The Hall–Kier alpha value is -8.24. The molecule has 1 N–H and O–H groups in total. The number of ketones is 1. The SMILES string of the molecule is C.CC(=O)C(=Cc1ccc(F)cc1)Nc1ncc(-c2ccccc2)nc1Cc1ccccc1.O=C1C(=Cc2ccc(F)cc2)N=C2C(Cc3ccccc3)=NC(c3ccccc3)=CN12.[2HH]. The maximum absolute atomic E-state index is 13.2. The number of rotatable bonds is 11. The fourth-order valence-electron chi connectivity index (χ4n) is 6.84. The molecule has 9 rings (SSSR count). The zero-order valence-corrected chi connectivity index (χ0v) is 34.2. The summed E-state index contributed by atoms with van der Waals surface area (Å²) in [5.41, 5.74) is 9.06.